The molecular weight excluding hydrogens is 127 g/mol. The standard InChI is InChI=1S/O2S2.H3P/c1-4(2)3;/h;1H3. The highest BCUT2D eigenvalue weighted by Crippen LogP contribution is 1.13. The number of hydrogen-bond acceptors (Lipinski definition) is 3. The maximum Gasteiger partial charge on any atom is 0.284 e. The zero-order valence-corrected chi connectivity index (χ0v) is 5.39. The molecule has 0 aliphatic carbocycles. The molecule has 0 spiro atoms. The van der Waals surface area contributed by atoms with E-state index in [1.807, 2.05) is 0 Å². The second-order valence-corrected chi connectivity index (χ2v) is 1.43. The monoisotopic (exact) mass is 130 g/mol. The summed E-state index contributed by atoms with van der Waals surface area (Å²) >= 11 is 3.54. The van der Waals surface area contributed by atoms with Crippen molar-refractivity contribution in [3.8, 4) is 0 Å². The van der Waals surface area contributed by atoms with Crippen LogP contribution in [0.5, 0.6) is 0 Å². The minimum Gasteiger partial charge on any atom is -0.172 e. The minimum atomic E-state index is -2.28. The third-order valence-corrected chi connectivity index (χ3v) is 0. The summed E-state index contributed by atoms with van der Waals surface area (Å²) in [6, 6.07) is 0. The zero-order valence-electron chi connectivity index (χ0n) is 2.34. The van der Waals surface area contributed by atoms with Crippen molar-refractivity contribution in [2.45, 2.75) is 0 Å². The van der Waals surface area contributed by atoms with Gasteiger partial charge in [0.15, 0.2) is 0 Å². The lowest BCUT2D eigenvalue weighted by molar-refractivity contribution is 0.628. The molecule has 2 nitrogen and oxygen atoms in total. The molecule has 0 bridgehead atoms. The molecule has 0 N–H and O–H groups in total. The van der Waals surface area contributed by atoms with Gasteiger partial charge < -0.3 is 0 Å². The van der Waals surface area contributed by atoms with E-state index in [1.54, 1.807) is 0 Å². The lowest BCUT2D eigenvalue weighted by Crippen LogP contribution is -1.35. The van der Waals surface area contributed by atoms with Gasteiger partial charge in [0.05, 0.1) is 11.2 Å². The molecule has 5 heavy (non-hydrogen) atoms. The van der Waals surface area contributed by atoms with Gasteiger partial charge >= 0.3 is 0 Å². The molecule has 0 aromatic heterocycles. The molecule has 0 rings (SSSR count). The first-order valence-corrected chi connectivity index (χ1v) is 2.50. The van der Waals surface area contributed by atoms with Crippen LogP contribution in [-0.2, 0) is 20.5 Å². The zero-order chi connectivity index (χ0) is 3.58. The third-order valence-electron chi connectivity index (χ3n) is 0. The summed E-state index contributed by atoms with van der Waals surface area (Å²) in [4.78, 5) is 0. The maximum atomic E-state index is 8.81. The van der Waals surface area contributed by atoms with Crippen LogP contribution in [0.25, 0.3) is 0 Å². The van der Waals surface area contributed by atoms with Gasteiger partial charge in [-0.15, -0.1) is 0 Å². The van der Waals surface area contributed by atoms with Crippen LogP contribution in [0.4, 0.5) is 0 Å². The van der Waals surface area contributed by atoms with Gasteiger partial charge in [0.25, 0.3) is 9.26 Å². The van der Waals surface area contributed by atoms with Gasteiger partial charge in [0.2, 0.25) is 0 Å². The lowest BCUT2D eigenvalue weighted by Gasteiger charge is -1.15. The molecule has 0 radical (unpaired) electrons. The summed E-state index contributed by atoms with van der Waals surface area (Å²) in [5, 5.41) is 0. The van der Waals surface area contributed by atoms with Crippen molar-refractivity contribution in [2.24, 2.45) is 0 Å². The fourth-order valence-corrected chi connectivity index (χ4v) is 0. The largest absolute Gasteiger partial charge is 0.284 e. The topological polar surface area (TPSA) is 34.1 Å². The Morgan fingerprint density at radius 3 is 1.40 bits per heavy atom. The fraction of sp³-hybridized carbons (Fsp3) is 0. The van der Waals surface area contributed by atoms with Crippen LogP contribution in [-0.4, -0.2) is 8.42 Å². The summed E-state index contributed by atoms with van der Waals surface area (Å²) in [5.41, 5.74) is 0. The first-order valence-electron chi connectivity index (χ1n) is 0.500. The van der Waals surface area contributed by atoms with E-state index in [-0.39, 0.29) is 9.90 Å². The van der Waals surface area contributed by atoms with Crippen molar-refractivity contribution in [1.29, 1.82) is 0 Å². The van der Waals surface area contributed by atoms with Crippen molar-refractivity contribution in [3.05, 3.63) is 0 Å². The average molecular weight is 130 g/mol. The van der Waals surface area contributed by atoms with Crippen molar-refractivity contribution < 1.29 is 8.42 Å². The Bertz CT molecular complexity index is 77.0. The van der Waals surface area contributed by atoms with E-state index in [0.29, 0.717) is 0 Å². The van der Waals surface area contributed by atoms with Gasteiger partial charge in [-0.3, -0.25) is 0 Å². The summed E-state index contributed by atoms with van der Waals surface area (Å²) in [6.07, 6.45) is 0. The van der Waals surface area contributed by atoms with E-state index in [0.717, 1.165) is 0 Å². The van der Waals surface area contributed by atoms with Gasteiger partial charge in [0.1, 0.15) is 0 Å². The Morgan fingerprint density at radius 2 is 1.40 bits per heavy atom. The normalized spacial score (nSPS) is 4.80. The quantitative estimate of drug-likeness (QED) is 0.410. The van der Waals surface area contributed by atoms with E-state index < -0.39 is 9.26 Å². The van der Waals surface area contributed by atoms with E-state index >= 15 is 0 Å². The van der Waals surface area contributed by atoms with E-state index in [4.69, 9.17) is 8.42 Å². The molecule has 0 heterocycles. The Balaban J connectivity index is 0. The van der Waals surface area contributed by atoms with Crippen molar-refractivity contribution >= 4 is 30.4 Å². The first kappa shape index (κ1) is 9.08. The summed E-state index contributed by atoms with van der Waals surface area (Å²) in [7, 11) is -2.28. The SMILES string of the molecule is O=S(=O)=S.P. The van der Waals surface area contributed by atoms with E-state index in [9.17, 15) is 0 Å². The van der Waals surface area contributed by atoms with Crippen LogP contribution in [0.3, 0.4) is 0 Å². The third kappa shape index (κ3) is 123. The molecule has 0 fully saturated rings. The molecule has 0 aliphatic heterocycles. The highest BCUT2D eigenvalue weighted by molar-refractivity contribution is 8.14. The molecule has 1 unspecified atom stereocenters. The second-order valence-electron chi connectivity index (χ2n) is 0.204. The highest BCUT2D eigenvalue weighted by atomic mass is 32.8. The minimum absolute atomic E-state index is 0. The highest BCUT2D eigenvalue weighted by Gasteiger charge is 1.34. The van der Waals surface area contributed by atoms with Gasteiger partial charge in [-0.1, -0.05) is 0 Å². The van der Waals surface area contributed by atoms with Gasteiger partial charge in [0, 0.05) is 0 Å². The molecule has 0 saturated carbocycles. The smallest absolute Gasteiger partial charge is 0.172 e. The second kappa shape index (κ2) is 4.47. The Morgan fingerprint density at radius 1 is 1.40 bits per heavy atom. The van der Waals surface area contributed by atoms with Crippen LogP contribution < -0.4 is 0 Å². The molecule has 0 saturated heterocycles. The molecule has 1 atom stereocenters. The van der Waals surface area contributed by atoms with Crippen LogP contribution in [0, 0.1) is 0 Å². The van der Waals surface area contributed by atoms with Gasteiger partial charge in [-0.2, -0.15) is 18.3 Å². The van der Waals surface area contributed by atoms with Gasteiger partial charge in [-0.05, 0) is 0 Å². The predicted molar refractivity (Wildman–Crippen MR) is 27.4 cm³/mol. The average Bonchev–Trinajstić information content (AvgIpc) is 0.811. The lowest BCUT2D eigenvalue weighted by atomic mass is 15.9. The van der Waals surface area contributed by atoms with Crippen LogP contribution in [0.15, 0.2) is 0 Å². The fourth-order valence-electron chi connectivity index (χ4n) is 0. The van der Waals surface area contributed by atoms with E-state index in [1.165, 1.54) is 0 Å². The predicted octanol–water partition coefficient (Wildman–Crippen LogP) is -0.614. The number of rotatable bonds is 0. The molecule has 32 valence electrons. The molecular formula is H3O2PS2. The van der Waals surface area contributed by atoms with E-state index in [2.05, 4.69) is 11.2 Å². The summed E-state index contributed by atoms with van der Waals surface area (Å²) in [6.45, 7) is 0. The molecule has 0 aromatic carbocycles. The Labute approximate surface area is 39.4 Å². The van der Waals surface area contributed by atoms with Crippen LogP contribution in [0.2, 0.25) is 0 Å². The molecule has 0 aromatic rings. The van der Waals surface area contributed by atoms with Crippen molar-refractivity contribution in [1.82, 2.24) is 0 Å². The molecule has 0 amide bonds. The Hall–Kier alpha value is 0.470. The maximum absolute atomic E-state index is 8.81. The summed E-state index contributed by atoms with van der Waals surface area (Å²) in [5.74, 6) is 0. The number of hydrogen-bond donors (Lipinski definition) is 0. The van der Waals surface area contributed by atoms with Gasteiger partial charge in [-0.25, -0.2) is 0 Å². The Kier molecular flexibility index (Phi) is 8.11. The molecule has 0 aliphatic rings. The van der Waals surface area contributed by atoms with Crippen molar-refractivity contribution in [2.75, 3.05) is 0 Å². The van der Waals surface area contributed by atoms with Crippen molar-refractivity contribution in [3.63, 3.8) is 0 Å². The first-order chi connectivity index (χ1) is 1.73. The summed E-state index contributed by atoms with van der Waals surface area (Å²) < 4.78 is 17.6. The van der Waals surface area contributed by atoms with Crippen LogP contribution >= 0.6 is 9.90 Å². The van der Waals surface area contributed by atoms with Crippen LogP contribution in [0.1, 0.15) is 0 Å². The molecule has 5 heteroatoms.